The maximum atomic E-state index is 12.3. The Morgan fingerprint density at radius 2 is 2.16 bits per heavy atom. The van der Waals surface area contributed by atoms with Crippen LogP contribution in [0.1, 0.15) is 19.3 Å². The SMILES string of the molecule is COc1cc2c(cc1NC(=O)CCC1CCNC1)oc1ccccc12. The molecule has 1 atom stereocenters. The number of para-hydroxylation sites is 1. The number of rotatable bonds is 5. The summed E-state index contributed by atoms with van der Waals surface area (Å²) in [6.07, 6.45) is 2.59. The average molecular weight is 338 g/mol. The van der Waals surface area contributed by atoms with Gasteiger partial charge in [0.15, 0.2) is 0 Å². The molecule has 1 aliphatic heterocycles. The Morgan fingerprint density at radius 1 is 1.28 bits per heavy atom. The van der Waals surface area contributed by atoms with Crippen LogP contribution < -0.4 is 15.4 Å². The second-order valence-corrected chi connectivity index (χ2v) is 6.59. The Morgan fingerprint density at radius 3 is 2.96 bits per heavy atom. The van der Waals surface area contributed by atoms with E-state index in [1.165, 1.54) is 0 Å². The monoisotopic (exact) mass is 338 g/mol. The summed E-state index contributed by atoms with van der Waals surface area (Å²) in [5.74, 6) is 1.26. The number of amides is 1. The van der Waals surface area contributed by atoms with E-state index in [1.807, 2.05) is 36.4 Å². The number of hydrogen-bond donors (Lipinski definition) is 2. The molecule has 25 heavy (non-hydrogen) atoms. The standard InChI is InChI=1S/C20H22N2O3/c1-24-19-10-15-14-4-2-3-5-17(14)25-18(15)11-16(19)22-20(23)7-6-13-8-9-21-12-13/h2-5,10-11,13,21H,6-9,12H2,1H3,(H,22,23). The van der Waals surface area contributed by atoms with Crippen LogP contribution in [0.15, 0.2) is 40.8 Å². The Bertz CT molecular complexity index is 910. The largest absolute Gasteiger partial charge is 0.495 e. The molecule has 0 radical (unpaired) electrons. The van der Waals surface area contributed by atoms with Crippen LogP contribution in [0.25, 0.3) is 21.9 Å². The molecule has 4 rings (SSSR count). The summed E-state index contributed by atoms with van der Waals surface area (Å²) in [5.41, 5.74) is 2.23. The summed E-state index contributed by atoms with van der Waals surface area (Å²) < 4.78 is 11.4. The number of anilines is 1. The number of methoxy groups -OCH3 is 1. The number of ether oxygens (including phenoxy) is 1. The maximum absolute atomic E-state index is 12.3. The Kier molecular flexibility index (Phi) is 4.32. The fourth-order valence-electron chi connectivity index (χ4n) is 3.53. The normalized spacial score (nSPS) is 17.2. The summed E-state index contributed by atoms with van der Waals surface area (Å²) in [6, 6.07) is 11.7. The molecule has 0 spiro atoms. The van der Waals surface area contributed by atoms with Crippen LogP contribution in [0.3, 0.4) is 0 Å². The van der Waals surface area contributed by atoms with E-state index in [2.05, 4.69) is 10.6 Å². The first-order valence-corrected chi connectivity index (χ1v) is 8.74. The lowest BCUT2D eigenvalue weighted by Crippen LogP contribution is -2.15. The van der Waals surface area contributed by atoms with Gasteiger partial charge in [0.2, 0.25) is 5.91 Å². The summed E-state index contributed by atoms with van der Waals surface area (Å²) in [5, 5.41) is 8.34. The second-order valence-electron chi connectivity index (χ2n) is 6.59. The van der Waals surface area contributed by atoms with Crippen molar-refractivity contribution in [3.05, 3.63) is 36.4 Å². The quantitative estimate of drug-likeness (QED) is 0.740. The molecule has 2 N–H and O–H groups in total. The number of nitrogens with one attached hydrogen (secondary N) is 2. The van der Waals surface area contributed by atoms with Crippen molar-refractivity contribution in [1.82, 2.24) is 5.32 Å². The maximum Gasteiger partial charge on any atom is 0.224 e. The van der Waals surface area contributed by atoms with E-state index in [9.17, 15) is 4.79 Å². The molecule has 0 saturated carbocycles. The van der Waals surface area contributed by atoms with E-state index in [-0.39, 0.29) is 5.91 Å². The van der Waals surface area contributed by atoms with Gasteiger partial charge in [-0.1, -0.05) is 18.2 Å². The van der Waals surface area contributed by atoms with Gasteiger partial charge in [0.1, 0.15) is 16.9 Å². The summed E-state index contributed by atoms with van der Waals surface area (Å²) >= 11 is 0. The molecule has 1 unspecified atom stereocenters. The van der Waals surface area contributed by atoms with E-state index in [0.717, 1.165) is 47.9 Å². The second kappa shape index (κ2) is 6.76. The van der Waals surface area contributed by atoms with Gasteiger partial charge in [0, 0.05) is 23.3 Å². The molecule has 1 fully saturated rings. The third-order valence-corrected chi connectivity index (χ3v) is 4.91. The van der Waals surface area contributed by atoms with Crippen molar-refractivity contribution < 1.29 is 13.9 Å². The molecule has 2 heterocycles. The highest BCUT2D eigenvalue weighted by Crippen LogP contribution is 2.36. The number of hydrogen-bond acceptors (Lipinski definition) is 4. The molecular weight excluding hydrogens is 316 g/mol. The van der Waals surface area contributed by atoms with Gasteiger partial charge in [0.05, 0.1) is 12.8 Å². The van der Waals surface area contributed by atoms with Crippen molar-refractivity contribution in [2.75, 3.05) is 25.5 Å². The van der Waals surface area contributed by atoms with E-state index in [1.54, 1.807) is 7.11 Å². The van der Waals surface area contributed by atoms with Gasteiger partial charge < -0.3 is 19.8 Å². The lowest BCUT2D eigenvalue weighted by molar-refractivity contribution is -0.116. The smallest absolute Gasteiger partial charge is 0.224 e. The summed E-state index contributed by atoms with van der Waals surface area (Å²) in [7, 11) is 1.61. The zero-order chi connectivity index (χ0) is 17.2. The van der Waals surface area contributed by atoms with Crippen molar-refractivity contribution in [2.45, 2.75) is 19.3 Å². The zero-order valence-electron chi connectivity index (χ0n) is 14.3. The molecule has 1 aliphatic rings. The first-order chi connectivity index (χ1) is 12.2. The third-order valence-electron chi connectivity index (χ3n) is 4.91. The third kappa shape index (κ3) is 3.20. The van der Waals surface area contributed by atoms with Crippen molar-refractivity contribution in [3.63, 3.8) is 0 Å². The van der Waals surface area contributed by atoms with Crippen molar-refractivity contribution >= 4 is 33.5 Å². The number of benzene rings is 2. The summed E-state index contributed by atoms with van der Waals surface area (Å²) in [6.45, 7) is 2.07. The van der Waals surface area contributed by atoms with Gasteiger partial charge in [-0.15, -0.1) is 0 Å². The van der Waals surface area contributed by atoms with Crippen LogP contribution in [0, 0.1) is 5.92 Å². The number of carbonyl (C=O) groups is 1. The van der Waals surface area contributed by atoms with Crippen LogP contribution in [0.4, 0.5) is 5.69 Å². The van der Waals surface area contributed by atoms with Crippen molar-refractivity contribution in [1.29, 1.82) is 0 Å². The minimum Gasteiger partial charge on any atom is -0.495 e. The molecule has 5 nitrogen and oxygen atoms in total. The van der Waals surface area contributed by atoms with Gasteiger partial charge in [-0.3, -0.25) is 4.79 Å². The lowest BCUT2D eigenvalue weighted by Gasteiger charge is -2.11. The molecule has 1 amide bonds. The fraction of sp³-hybridized carbons (Fsp3) is 0.350. The molecular formula is C20H22N2O3. The van der Waals surface area contributed by atoms with E-state index in [4.69, 9.17) is 9.15 Å². The highest BCUT2D eigenvalue weighted by Gasteiger charge is 2.17. The van der Waals surface area contributed by atoms with Gasteiger partial charge in [0.25, 0.3) is 0 Å². The molecule has 2 aromatic carbocycles. The molecule has 0 aliphatic carbocycles. The number of furan rings is 1. The van der Waals surface area contributed by atoms with Crippen molar-refractivity contribution in [3.8, 4) is 5.75 Å². The fourth-order valence-corrected chi connectivity index (χ4v) is 3.53. The number of carbonyl (C=O) groups excluding carboxylic acids is 1. The predicted octanol–water partition coefficient (Wildman–Crippen LogP) is 3.92. The van der Waals surface area contributed by atoms with E-state index in [0.29, 0.717) is 23.8 Å². The van der Waals surface area contributed by atoms with E-state index < -0.39 is 0 Å². The topological polar surface area (TPSA) is 63.5 Å². The first kappa shape index (κ1) is 16.0. The van der Waals surface area contributed by atoms with Crippen LogP contribution in [-0.4, -0.2) is 26.1 Å². The Labute approximate surface area is 146 Å². The predicted molar refractivity (Wildman–Crippen MR) is 99.1 cm³/mol. The Balaban J connectivity index is 1.57. The average Bonchev–Trinajstić information content (AvgIpc) is 3.26. The highest BCUT2D eigenvalue weighted by molar-refractivity contribution is 6.07. The van der Waals surface area contributed by atoms with Gasteiger partial charge in [-0.05, 0) is 44.0 Å². The number of fused-ring (bicyclic) bond motifs is 3. The van der Waals surface area contributed by atoms with Crippen molar-refractivity contribution in [2.24, 2.45) is 5.92 Å². The summed E-state index contributed by atoms with van der Waals surface area (Å²) in [4.78, 5) is 12.3. The first-order valence-electron chi connectivity index (χ1n) is 8.74. The highest BCUT2D eigenvalue weighted by atomic mass is 16.5. The van der Waals surface area contributed by atoms with Crippen LogP contribution in [0.5, 0.6) is 5.75 Å². The minimum atomic E-state index is 0.0145. The molecule has 130 valence electrons. The molecule has 0 bridgehead atoms. The zero-order valence-corrected chi connectivity index (χ0v) is 14.3. The van der Waals surface area contributed by atoms with Gasteiger partial charge in [-0.25, -0.2) is 0 Å². The lowest BCUT2D eigenvalue weighted by atomic mass is 10.0. The minimum absolute atomic E-state index is 0.0145. The molecule has 3 aromatic rings. The molecule has 1 aromatic heterocycles. The van der Waals surface area contributed by atoms with E-state index >= 15 is 0 Å². The van der Waals surface area contributed by atoms with Crippen LogP contribution in [-0.2, 0) is 4.79 Å². The van der Waals surface area contributed by atoms with Gasteiger partial charge in [-0.2, -0.15) is 0 Å². The van der Waals surface area contributed by atoms with Crippen LogP contribution >= 0.6 is 0 Å². The van der Waals surface area contributed by atoms with Gasteiger partial charge >= 0.3 is 0 Å². The molecule has 5 heteroatoms. The van der Waals surface area contributed by atoms with Crippen LogP contribution in [0.2, 0.25) is 0 Å². The Hall–Kier alpha value is -2.53. The molecule has 1 saturated heterocycles.